The van der Waals surface area contributed by atoms with E-state index in [2.05, 4.69) is 22.9 Å². The third-order valence-electron chi connectivity index (χ3n) is 1.90. The van der Waals surface area contributed by atoms with E-state index < -0.39 is 0 Å². The number of halogens is 1. The van der Waals surface area contributed by atoms with Crippen molar-refractivity contribution in [3.05, 3.63) is 33.8 Å². The highest BCUT2D eigenvalue weighted by Gasteiger charge is 2.03. The lowest BCUT2D eigenvalue weighted by Gasteiger charge is -2.08. The summed E-state index contributed by atoms with van der Waals surface area (Å²) in [4.78, 5) is 0. The molecule has 0 spiro atoms. The summed E-state index contributed by atoms with van der Waals surface area (Å²) in [5.74, 6) is 0. The van der Waals surface area contributed by atoms with Crippen molar-refractivity contribution < 1.29 is 5.11 Å². The maximum Gasteiger partial charge on any atom is 0.0552 e. The molecule has 0 saturated heterocycles. The minimum atomic E-state index is -0.266. The fourth-order valence-corrected chi connectivity index (χ4v) is 1.60. The zero-order valence-electron chi connectivity index (χ0n) is 7.34. The van der Waals surface area contributed by atoms with E-state index in [-0.39, 0.29) is 6.10 Å². The first-order valence-corrected chi connectivity index (χ1v) is 4.82. The van der Waals surface area contributed by atoms with Crippen LogP contribution in [0.2, 0.25) is 0 Å². The monoisotopic (exact) mass is 228 g/mol. The van der Waals surface area contributed by atoms with Crippen LogP contribution in [0, 0.1) is 6.92 Å². The lowest BCUT2D eigenvalue weighted by Crippen LogP contribution is -2.05. The van der Waals surface area contributed by atoms with Gasteiger partial charge in [-0.2, -0.15) is 0 Å². The molecule has 0 amide bonds. The van der Waals surface area contributed by atoms with Gasteiger partial charge >= 0.3 is 0 Å². The average Bonchev–Trinajstić information content (AvgIpc) is 1.98. The predicted octanol–water partition coefficient (Wildman–Crippen LogP) is 2.68. The van der Waals surface area contributed by atoms with Gasteiger partial charge in [-0.25, -0.2) is 0 Å². The molecule has 2 heteroatoms. The quantitative estimate of drug-likeness (QED) is 0.826. The average molecular weight is 229 g/mol. The van der Waals surface area contributed by atoms with Gasteiger partial charge in [-0.15, -0.1) is 0 Å². The van der Waals surface area contributed by atoms with Crippen molar-refractivity contribution in [2.45, 2.75) is 26.4 Å². The summed E-state index contributed by atoms with van der Waals surface area (Å²) < 4.78 is 1.11. The largest absolute Gasteiger partial charge is 0.393 e. The molecule has 0 radical (unpaired) electrons. The van der Waals surface area contributed by atoms with Gasteiger partial charge in [0.1, 0.15) is 0 Å². The molecule has 1 N–H and O–H groups in total. The van der Waals surface area contributed by atoms with E-state index in [1.54, 1.807) is 6.92 Å². The Balaban J connectivity index is 2.92. The van der Waals surface area contributed by atoms with E-state index >= 15 is 0 Å². The van der Waals surface area contributed by atoms with Crippen LogP contribution in [-0.4, -0.2) is 11.2 Å². The van der Waals surface area contributed by atoms with Gasteiger partial charge in [0.2, 0.25) is 0 Å². The zero-order valence-corrected chi connectivity index (χ0v) is 8.93. The molecular formula is C10H13BrO. The third-order valence-corrected chi connectivity index (χ3v) is 2.75. The summed E-state index contributed by atoms with van der Waals surface area (Å²) in [6, 6.07) is 6.06. The summed E-state index contributed by atoms with van der Waals surface area (Å²) in [5.41, 5.74) is 2.43. The molecule has 1 nitrogen and oxygen atoms in total. The number of hydrogen-bond acceptors (Lipinski definition) is 1. The minimum Gasteiger partial charge on any atom is -0.393 e. The summed E-state index contributed by atoms with van der Waals surface area (Å²) >= 11 is 3.45. The van der Waals surface area contributed by atoms with Crippen LogP contribution in [0.5, 0.6) is 0 Å². The molecule has 1 rings (SSSR count). The summed E-state index contributed by atoms with van der Waals surface area (Å²) in [5, 5.41) is 9.21. The summed E-state index contributed by atoms with van der Waals surface area (Å²) in [6.45, 7) is 3.86. The first kappa shape index (κ1) is 9.75. The Labute approximate surface area is 81.6 Å². The molecule has 66 valence electrons. The molecule has 0 aliphatic rings. The number of benzene rings is 1. The maximum absolute atomic E-state index is 9.21. The molecule has 0 aromatic heterocycles. The van der Waals surface area contributed by atoms with E-state index in [1.165, 1.54) is 11.1 Å². The molecule has 0 bridgehead atoms. The van der Waals surface area contributed by atoms with Crippen LogP contribution in [-0.2, 0) is 6.42 Å². The molecule has 0 heterocycles. The molecule has 1 aromatic rings. The van der Waals surface area contributed by atoms with Crippen LogP contribution < -0.4 is 0 Å². The minimum absolute atomic E-state index is 0.266. The molecule has 1 atom stereocenters. The second-order valence-electron chi connectivity index (χ2n) is 3.08. The lowest BCUT2D eigenvalue weighted by atomic mass is 10.0. The Morgan fingerprint density at radius 2 is 2.17 bits per heavy atom. The summed E-state index contributed by atoms with van der Waals surface area (Å²) in [7, 11) is 0. The fraction of sp³-hybridized carbons (Fsp3) is 0.400. The van der Waals surface area contributed by atoms with Gasteiger partial charge < -0.3 is 5.11 Å². The Morgan fingerprint density at radius 3 is 2.75 bits per heavy atom. The fourth-order valence-electron chi connectivity index (χ4n) is 1.19. The van der Waals surface area contributed by atoms with Crippen LogP contribution in [0.1, 0.15) is 18.1 Å². The van der Waals surface area contributed by atoms with Crippen LogP contribution in [0.25, 0.3) is 0 Å². The van der Waals surface area contributed by atoms with Crippen LogP contribution in [0.4, 0.5) is 0 Å². The van der Waals surface area contributed by atoms with Gasteiger partial charge in [0.15, 0.2) is 0 Å². The highest BCUT2D eigenvalue weighted by atomic mass is 79.9. The van der Waals surface area contributed by atoms with E-state index in [9.17, 15) is 5.11 Å². The highest BCUT2D eigenvalue weighted by Crippen LogP contribution is 2.20. The van der Waals surface area contributed by atoms with Crippen LogP contribution in [0.15, 0.2) is 22.7 Å². The third kappa shape index (κ3) is 2.32. The van der Waals surface area contributed by atoms with E-state index in [4.69, 9.17) is 0 Å². The van der Waals surface area contributed by atoms with Gasteiger partial charge in [0.05, 0.1) is 6.10 Å². The molecule has 12 heavy (non-hydrogen) atoms. The van der Waals surface area contributed by atoms with Crippen molar-refractivity contribution in [3.63, 3.8) is 0 Å². The van der Waals surface area contributed by atoms with E-state index in [0.29, 0.717) is 0 Å². The number of rotatable bonds is 2. The van der Waals surface area contributed by atoms with Gasteiger partial charge in [-0.05, 0) is 37.5 Å². The second-order valence-corrected chi connectivity index (χ2v) is 3.93. The van der Waals surface area contributed by atoms with Crippen molar-refractivity contribution in [1.82, 2.24) is 0 Å². The van der Waals surface area contributed by atoms with Crippen molar-refractivity contribution in [2.24, 2.45) is 0 Å². The normalized spacial score (nSPS) is 13.0. The molecule has 0 fully saturated rings. The van der Waals surface area contributed by atoms with Gasteiger partial charge in [-0.3, -0.25) is 0 Å². The van der Waals surface area contributed by atoms with Crippen LogP contribution >= 0.6 is 15.9 Å². The van der Waals surface area contributed by atoms with Crippen molar-refractivity contribution >= 4 is 15.9 Å². The highest BCUT2D eigenvalue weighted by molar-refractivity contribution is 9.10. The lowest BCUT2D eigenvalue weighted by molar-refractivity contribution is 0.195. The first-order chi connectivity index (χ1) is 5.61. The SMILES string of the molecule is Cc1c(Br)cccc1C[C@@H](C)O. The molecule has 0 aliphatic heterocycles. The standard InChI is InChI=1S/C10H13BrO/c1-7(12)6-9-4-3-5-10(11)8(9)2/h3-5,7,12H,6H2,1-2H3/t7-/m1/s1. The first-order valence-electron chi connectivity index (χ1n) is 4.03. The maximum atomic E-state index is 9.21. The molecule has 0 saturated carbocycles. The van der Waals surface area contributed by atoms with Crippen molar-refractivity contribution in [3.8, 4) is 0 Å². The van der Waals surface area contributed by atoms with Gasteiger partial charge in [-0.1, -0.05) is 28.1 Å². The Bertz CT molecular complexity index is 269. The second kappa shape index (κ2) is 4.06. The van der Waals surface area contributed by atoms with Gasteiger partial charge in [0.25, 0.3) is 0 Å². The van der Waals surface area contributed by atoms with E-state index in [1.807, 2.05) is 18.2 Å². The molecule has 1 aromatic carbocycles. The molecule has 0 aliphatic carbocycles. The molecular weight excluding hydrogens is 216 g/mol. The number of aliphatic hydroxyl groups excluding tert-OH is 1. The smallest absolute Gasteiger partial charge is 0.0552 e. The Hall–Kier alpha value is -0.340. The Morgan fingerprint density at radius 1 is 1.50 bits per heavy atom. The van der Waals surface area contributed by atoms with Crippen molar-refractivity contribution in [1.29, 1.82) is 0 Å². The number of aliphatic hydroxyl groups is 1. The van der Waals surface area contributed by atoms with Crippen molar-refractivity contribution in [2.75, 3.05) is 0 Å². The van der Waals surface area contributed by atoms with Gasteiger partial charge in [0, 0.05) is 4.47 Å². The summed E-state index contributed by atoms with van der Waals surface area (Å²) in [6.07, 6.45) is 0.462. The molecule has 0 unspecified atom stereocenters. The number of hydrogen-bond donors (Lipinski definition) is 1. The Kier molecular flexibility index (Phi) is 3.29. The topological polar surface area (TPSA) is 20.2 Å². The van der Waals surface area contributed by atoms with E-state index in [0.717, 1.165) is 10.9 Å². The van der Waals surface area contributed by atoms with Crippen LogP contribution in [0.3, 0.4) is 0 Å². The predicted molar refractivity (Wildman–Crippen MR) is 54.3 cm³/mol. The zero-order chi connectivity index (χ0) is 9.14.